The fraction of sp³-hybridized carbons (Fsp3) is 0.385. The number of H-pyrrole nitrogens is 1. The molecule has 0 spiro atoms. The quantitative estimate of drug-likeness (QED) is 0.168. The molecule has 0 aromatic carbocycles. The summed E-state index contributed by atoms with van der Waals surface area (Å²) >= 11 is 0. The highest BCUT2D eigenvalue weighted by molar-refractivity contribution is 7.66. The molecule has 6 N–H and O–H groups in total. The fourth-order valence-electron chi connectivity index (χ4n) is 2.60. The van der Waals surface area contributed by atoms with E-state index in [1.54, 1.807) is 0 Å². The first kappa shape index (κ1) is 26.4. The van der Waals surface area contributed by atoms with E-state index in [9.17, 15) is 33.3 Å². The minimum absolute atomic E-state index is 0.752. The lowest BCUT2D eigenvalue weighted by molar-refractivity contribution is -0.0899. The molecule has 2 rings (SSSR count). The van der Waals surface area contributed by atoms with E-state index in [0.717, 1.165) is 16.8 Å². The van der Waals surface area contributed by atoms with Crippen LogP contribution in [0, 0.1) is 30.6 Å². The normalized spacial score (nSPS) is 29.4. The van der Waals surface area contributed by atoms with Gasteiger partial charge in [-0.25, -0.2) is 18.5 Å². The van der Waals surface area contributed by atoms with Crippen molar-refractivity contribution in [1.82, 2.24) is 9.55 Å². The molecule has 2 heterocycles. The van der Waals surface area contributed by atoms with Crippen molar-refractivity contribution >= 4 is 23.5 Å². The van der Waals surface area contributed by atoms with Gasteiger partial charge in [-0.1, -0.05) is 11.8 Å². The summed E-state index contributed by atoms with van der Waals surface area (Å²) in [4.78, 5) is 61.0. The van der Waals surface area contributed by atoms with Gasteiger partial charge in [0, 0.05) is 12.3 Å². The van der Waals surface area contributed by atoms with Gasteiger partial charge in [0.05, 0.1) is 5.92 Å². The molecular formula is C13H15N2O14P3. The molecule has 6 unspecified atom stereocenters. The van der Waals surface area contributed by atoms with Gasteiger partial charge in [-0.2, -0.15) is 8.62 Å². The number of aliphatic hydroxyl groups is 1. The molecule has 6 atom stereocenters. The number of ether oxygens (including phenoxy) is 1. The molecule has 176 valence electrons. The number of hydrogen-bond donors (Lipinski definition) is 6. The van der Waals surface area contributed by atoms with E-state index < -0.39 is 65.2 Å². The minimum Gasteiger partial charge on any atom is -0.387 e. The van der Waals surface area contributed by atoms with E-state index in [4.69, 9.17) is 32.3 Å². The van der Waals surface area contributed by atoms with Crippen LogP contribution in [0.3, 0.4) is 0 Å². The molecule has 1 saturated heterocycles. The van der Waals surface area contributed by atoms with Crippen molar-refractivity contribution in [3.8, 4) is 24.7 Å². The SMILES string of the molecule is C#CC1C(n2ccc(=O)[nH]c2=O)OC(C#C)(COP(=O)(O)OP(=O)(O)OP(=O)(O)O)C1O. The summed E-state index contributed by atoms with van der Waals surface area (Å²) in [5.74, 6) is 2.72. The Morgan fingerprint density at radius 3 is 2.28 bits per heavy atom. The predicted molar refractivity (Wildman–Crippen MR) is 101 cm³/mol. The van der Waals surface area contributed by atoms with Crippen LogP contribution in [0.4, 0.5) is 0 Å². The van der Waals surface area contributed by atoms with Gasteiger partial charge in [0.2, 0.25) is 0 Å². The third-order valence-corrected chi connectivity index (χ3v) is 7.66. The second-order valence-corrected chi connectivity index (χ2v) is 10.5. The number of rotatable bonds is 8. The monoisotopic (exact) mass is 516 g/mol. The van der Waals surface area contributed by atoms with E-state index in [2.05, 4.69) is 19.1 Å². The van der Waals surface area contributed by atoms with Crippen molar-refractivity contribution < 1.29 is 56.3 Å². The Morgan fingerprint density at radius 1 is 1.16 bits per heavy atom. The third-order valence-electron chi connectivity index (χ3n) is 3.88. The molecule has 1 aromatic rings. The second kappa shape index (κ2) is 9.17. The molecule has 1 fully saturated rings. The van der Waals surface area contributed by atoms with Crippen LogP contribution >= 0.6 is 23.5 Å². The maximum absolute atomic E-state index is 12.0. The van der Waals surface area contributed by atoms with Gasteiger partial charge in [-0.05, 0) is 0 Å². The lowest BCUT2D eigenvalue weighted by Crippen LogP contribution is -2.44. The van der Waals surface area contributed by atoms with Gasteiger partial charge in [0.25, 0.3) is 5.56 Å². The molecule has 0 saturated carbocycles. The average molecular weight is 516 g/mol. The van der Waals surface area contributed by atoms with Gasteiger partial charge in [-0.15, -0.1) is 12.8 Å². The number of nitrogens with zero attached hydrogens (tertiary/aromatic N) is 1. The van der Waals surface area contributed by atoms with Gasteiger partial charge in [0.15, 0.2) is 11.8 Å². The first-order valence-electron chi connectivity index (χ1n) is 7.94. The summed E-state index contributed by atoms with van der Waals surface area (Å²) < 4.78 is 51.8. The van der Waals surface area contributed by atoms with Gasteiger partial charge >= 0.3 is 29.2 Å². The van der Waals surface area contributed by atoms with Crippen LogP contribution in [0.2, 0.25) is 0 Å². The highest BCUT2D eigenvalue weighted by Gasteiger charge is 2.56. The Balaban J connectivity index is 2.28. The zero-order valence-corrected chi connectivity index (χ0v) is 18.1. The Bertz CT molecular complexity index is 1220. The molecule has 0 bridgehead atoms. The number of aromatic nitrogens is 2. The Kier molecular flexibility index (Phi) is 7.56. The zero-order chi connectivity index (χ0) is 24.5. The molecule has 1 aromatic heterocycles. The molecule has 32 heavy (non-hydrogen) atoms. The van der Waals surface area contributed by atoms with Crippen LogP contribution in [0.1, 0.15) is 6.23 Å². The van der Waals surface area contributed by atoms with Crippen molar-refractivity contribution in [2.24, 2.45) is 5.92 Å². The molecule has 1 aliphatic heterocycles. The van der Waals surface area contributed by atoms with Crippen molar-refractivity contribution in [3.63, 3.8) is 0 Å². The lowest BCUT2D eigenvalue weighted by atomic mass is 9.91. The predicted octanol–water partition coefficient (Wildman–Crippen LogP) is -1.61. The van der Waals surface area contributed by atoms with Gasteiger partial charge < -0.3 is 29.4 Å². The molecule has 19 heteroatoms. The van der Waals surface area contributed by atoms with Crippen LogP contribution in [-0.4, -0.2) is 52.5 Å². The highest BCUT2D eigenvalue weighted by Crippen LogP contribution is 2.66. The average Bonchev–Trinajstić information content (AvgIpc) is 2.89. The number of aromatic amines is 1. The van der Waals surface area contributed by atoms with E-state index in [1.807, 2.05) is 10.9 Å². The van der Waals surface area contributed by atoms with E-state index in [0.29, 0.717) is 0 Å². The first-order chi connectivity index (χ1) is 14.5. The number of phosphoric ester groups is 1. The number of hydrogen-bond acceptors (Lipinski definition) is 10. The van der Waals surface area contributed by atoms with Crippen LogP contribution in [0.25, 0.3) is 0 Å². The largest absolute Gasteiger partial charge is 0.490 e. The van der Waals surface area contributed by atoms with Crippen molar-refractivity contribution in [2.45, 2.75) is 17.9 Å². The maximum Gasteiger partial charge on any atom is 0.490 e. The number of aliphatic hydroxyl groups excluding tert-OH is 1. The minimum atomic E-state index is -5.80. The Morgan fingerprint density at radius 2 is 1.78 bits per heavy atom. The lowest BCUT2D eigenvalue weighted by Gasteiger charge is -2.27. The second-order valence-electron chi connectivity index (χ2n) is 6.06. The van der Waals surface area contributed by atoms with Crippen molar-refractivity contribution in [3.05, 3.63) is 33.1 Å². The zero-order valence-electron chi connectivity index (χ0n) is 15.4. The van der Waals surface area contributed by atoms with Crippen LogP contribution < -0.4 is 11.2 Å². The van der Waals surface area contributed by atoms with Crippen LogP contribution in [0.5, 0.6) is 0 Å². The molecule has 1 aliphatic rings. The summed E-state index contributed by atoms with van der Waals surface area (Å²) in [6, 6.07) is 0.937. The summed E-state index contributed by atoms with van der Waals surface area (Å²) in [6.07, 6.45) is 8.36. The smallest absolute Gasteiger partial charge is 0.387 e. The van der Waals surface area contributed by atoms with Crippen LogP contribution in [-0.2, 0) is 31.6 Å². The third kappa shape index (κ3) is 6.13. The number of phosphoric acid groups is 3. The topological polar surface area (TPSA) is 244 Å². The van der Waals surface area contributed by atoms with E-state index in [1.165, 1.54) is 0 Å². The summed E-state index contributed by atoms with van der Waals surface area (Å²) in [6.45, 7) is -1.22. The van der Waals surface area contributed by atoms with Gasteiger partial charge in [0.1, 0.15) is 12.7 Å². The van der Waals surface area contributed by atoms with Gasteiger partial charge in [-0.3, -0.25) is 18.9 Å². The van der Waals surface area contributed by atoms with Crippen molar-refractivity contribution in [2.75, 3.05) is 6.61 Å². The molecule has 0 aliphatic carbocycles. The Labute approximate surface area is 178 Å². The highest BCUT2D eigenvalue weighted by atomic mass is 31.3. The van der Waals surface area contributed by atoms with Crippen molar-refractivity contribution in [1.29, 1.82) is 0 Å². The van der Waals surface area contributed by atoms with Crippen LogP contribution in [0.15, 0.2) is 21.9 Å². The summed E-state index contributed by atoms with van der Waals surface area (Å²) in [7, 11) is -17.0. The van der Waals surface area contributed by atoms with E-state index in [-0.39, 0.29) is 0 Å². The molecule has 16 nitrogen and oxygen atoms in total. The fourth-order valence-corrected chi connectivity index (χ4v) is 5.65. The first-order valence-corrected chi connectivity index (χ1v) is 12.5. The maximum atomic E-state index is 12.0. The van der Waals surface area contributed by atoms with E-state index >= 15 is 0 Å². The Hall–Kier alpha value is -1.87. The number of terminal acetylenes is 2. The molecule has 0 amide bonds. The number of nitrogens with one attached hydrogen (secondary N) is 1. The summed E-state index contributed by atoms with van der Waals surface area (Å²) in [5.41, 5.74) is -4.06. The summed E-state index contributed by atoms with van der Waals surface area (Å²) in [5, 5.41) is 10.5. The molecular weight excluding hydrogens is 501 g/mol. The molecule has 0 radical (unpaired) electrons. The standard InChI is InChI=1S/C13H15N2O14P3/c1-3-8-10(17)13(4-2,27-11(8)15-6-5-9(16)14-12(15)18)7-26-31(22,23)29-32(24,25)28-30(19,20)21/h1-2,5-6,8,10-11,17H,7H2,(H,22,23)(H,24,25)(H,14,16,18)(H2,19,20,21).